The van der Waals surface area contributed by atoms with Crippen LogP contribution in [0.1, 0.15) is 26.4 Å². The molecule has 7 heteroatoms. The summed E-state index contributed by atoms with van der Waals surface area (Å²) in [5.74, 6) is -0.295. The van der Waals surface area contributed by atoms with Crippen LogP contribution in [0.25, 0.3) is 10.6 Å². The smallest absolute Gasteiger partial charge is 0.274 e. The number of carbonyl (C=O) groups is 1. The molecule has 1 heterocycles. The van der Waals surface area contributed by atoms with Gasteiger partial charge in [-0.25, -0.2) is 4.98 Å². The first kappa shape index (κ1) is 17.8. The van der Waals surface area contributed by atoms with Gasteiger partial charge in [-0.15, -0.1) is 11.3 Å². The zero-order valence-corrected chi connectivity index (χ0v) is 15.2. The second-order valence-corrected chi connectivity index (χ2v) is 6.95. The molecular weight excluding hydrogens is 350 g/mol. The van der Waals surface area contributed by atoms with Crippen LogP contribution >= 0.6 is 11.3 Å². The number of nitro benzene ring substituents is 1. The summed E-state index contributed by atoms with van der Waals surface area (Å²) in [5, 5.41) is 14.5. The van der Waals surface area contributed by atoms with E-state index in [-0.39, 0.29) is 18.1 Å². The standard InChI is InChI=1S/C19H17N3O3S/c1-12-7-8-15(13(2)9-12)19-21-11-17(26-19)18(23)20-10-14-5-3-4-6-16(14)22(24)25/h3-9,11H,10H2,1-2H3,(H,20,23). The average molecular weight is 367 g/mol. The molecule has 1 N–H and O–H groups in total. The quantitative estimate of drug-likeness (QED) is 0.539. The van der Waals surface area contributed by atoms with Gasteiger partial charge in [0.2, 0.25) is 0 Å². The van der Waals surface area contributed by atoms with Crippen molar-refractivity contribution >= 4 is 22.9 Å². The molecule has 3 rings (SSSR count). The molecule has 0 unspecified atom stereocenters. The van der Waals surface area contributed by atoms with Crippen LogP contribution in [0.4, 0.5) is 5.69 Å². The average Bonchev–Trinajstić information content (AvgIpc) is 3.09. The molecule has 0 aliphatic carbocycles. The number of amides is 1. The fraction of sp³-hybridized carbons (Fsp3) is 0.158. The zero-order chi connectivity index (χ0) is 18.7. The molecule has 2 aromatic carbocycles. The molecule has 3 aromatic rings. The number of hydrogen-bond acceptors (Lipinski definition) is 5. The van der Waals surface area contributed by atoms with Crippen molar-refractivity contribution in [1.29, 1.82) is 0 Å². The summed E-state index contributed by atoms with van der Waals surface area (Å²) in [6.07, 6.45) is 1.54. The molecule has 0 fully saturated rings. The van der Waals surface area contributed by atoms with Crippen LogP contribution < -0.4 is 5.32 Å². The molecule has 0 saturated heterocycles. The van der Waals surface area contributed by atoms with Crippen molar-refractivity contribution < 1.29 is 9.72 Å². The van der Waals surface area contributed by atoms with Crippen LogP contribution in [0.15, 0.2) is 48.7 Å². The number of nitro groups is 1. The van der Waals surface area contributed by atoms with Crippen LogP contribution in [-0.2, 0) is 6.54 Å². The second-order valence-electron chi connectivity index (χ2n) is 5.92. The molecular formula is C19H17N3O3S. The van der Waals surface area contributed by atoms with Gasteiger partial charge in [0.1, 0.15) is 9.88 Å². The summed E-state index contributed by atoms with van der Waals surface area (Å²) in [6.45, 7) is 4.13. The number of thiazole rings is 1. The Morgan fingerprint density at radius 2 is 2.00 bits per heavy atom. The SMILES string of the molecule is Cc1ccc(-c2ncc(C(=O)NCc3ccccc3[N+](=O)[O-])s2)c(C)c1. The summed E-state index contributed by atoms with van der Waals surface area (Å²) in [4.78, 5) is 27.8. The second kappa shape index (κ2) is 7.45. The Bertz CT molecular complexity index is 982. The number of nitrogens with zero attached hydrogens (tertiary/aromatic N) is 2. The summed E-state index contributed by atoms with van der Waals surface area (Å²) >= 11 is 1.30. The Morgan fingerprint density at radius 3 is 2.73 bits per heavy atom. The molecule has 1 aromatic heterocycles. The molecule has 0 radical (unpaired) electrons. The zero-order valence-electron chi connectivity index (χ0n) is 14.4. The van der Waals surface area contributed by atoms with Crippen molar-refractivity contribution in [3.05, 3.63) is 80.3 Å². The number of carbonyl (C=O) groups excluding carboxylic acids is 1. The lowest BCUT2D eigenvalue weighted by molar-refractivity contribution is -0.385. The highest BCUT2D eigenvalue weighted by molar-refractivity contribution is 7.16. The predicted molar refractivity (Wildman–Crippen MR) is 101 cm³/mol. The van der Waals surface area contributed by atoms with Gasteiger partial charge in [0.25, 0.3) is 11.6 Å². The van der Waals surface area contributed by atoms with Gasteiger partial charge >= 0.3 is 0 Å². The lowest BCUT2D eigenvalue weighted by Crippen LogP contribution is -2.22. The molecule has 6 nitrogen and oxygen atoms in total. The molecule has 1 amide bonds. The molecule has 26 heavy (non-hydrogen) atoms. The van der Waals surface area contributed by atoms with E-state index in [2.05, 4.69) is 16.4 Å². The normalized spacial score (nSPS) is 10.5. The molecule has 0 spiro atoms. The van der Waals surface area contributed by atoms with Crippen molar-refractivity contribution in [3.63, 3.8) is 0 Å². The number of aryl methyl sites for hydroxylation is 2. The van der Waals surface area contributed by atoms with Crippen molar-refractivity contribution in [1.82, 2.24) is 10.3 Å². The monoisotopic (exact) mass is 367 g/mol. The Labute approximate surface area is 154 Å². The molecule has 0 aliphatic rings. The third-order valence-corrected chi connectivity index (χ3v) is 5.00. The van der Waals surface area contributed by atoms with Gasteiger partial charge < -0.3 is 5.32 Å². The summed E-state index contributed by atoms with van der Waals surface area (Å²) in [6, 6.07) is 12.4. The summed E-state index contributed by atoms with van der Waals surface area (Å²) in [7, 11) is 0. The third-order valence-electron chi connectivity index (χ3n) is 3.97. The topological polar surface area (TPSA) is 85.1 Å². The highest BCUT2D eigenvalue weighted by atomic mass is 32.1. The van der Waals surface area contributed by atoms with E-state index in [9.17, 15) is 14.9 Å². The molecule has 0 saturated carbocycles. The van der Waals surface area contributed by atoms with Crippen LogP contribution in [-0.4, -0.2) is 15.8 Å². The minimum absolute atomic E-state index is 0.00641. The lowest BCUT2D eigenvalue weighted by Gasteiger charge is -2.04. The summed E-state index contributed by atoms with van der Waals surface area (Å²) in [5.41, 5.74) is 3.73. The van der Waals surface area contributed by atoms with Crippen molar-refractivity contribution in [2.75, 3.05) is 0 Å². The first-order valence-electron chi connectivity index (χ1n) is 7.99. The van der Waals surface area contributed by atoms with E-state index in [0.717, 1.165) is 16.1 Å². The molecule has 132 valence electrons. The van der Waals surface area contributed by atoms with Crippen molar-refractivity contribution in [2.45, 2.75) is 20.4 Å². The van der Waals surface area contributed by atoms with E-state index in [4.69, 9.17) is 0 Å². The number of hydrogen-bond donors (Lipinski definition) is 1. The Balaban J connectivity index is 1.74. The molecule has 0 aliphatic heterocycles. The van der Waals surface area contributed by atoms with Crippen LogP contribution in [0, 0.1) is 24.0 Å². The Morgan fingerprint density at radius 1 is 1.23 bits per heavy atom. The maximum atomic E-state index is 12.4. The minimum Gasteiger partial charge on any atom is -0.347 e. The molecule has 0 atom stereocenters. The minimum atomic E-state index is -0.452. The largest absolute Gasteiger partial charge is 0.347 e. The van der Waals surface area contributed by atoms with E-state index >= 15 is 0 Å². The molecule has 0 bridgehead atoms. The van der Waals surface area contributed by atoms with E-state index in [1.54, 1.807) is 18.2 Å². The number of para-hydroxylation sites is 1. The van der Waals surface area contributed by atoms with E-state index in [1.165, 1.54) is 29.2 Å². The fourth-order valence-corrected chi connectivity index (χ4v) is 3.58. The van der Waals surface area contributed by atoms with Crippen molar-refractivity contribution in [3.8, 4) is 10.6 Å². The fourth-order valence-electron chi connectivity index (χ4n) is 2.66. The maximum Gasteiger partial charge on any atom is 0.274 e. The number of rotatable bonds is 5. The maximum absolute atomic E-state index is 12.4. The van der Waals surface area contributed by atoms with Crippen LogP contribution in [0.5, 0.6) is 0 Å². The van der Waals surface area contributed by atoms with Gasteiger partial charge in [-0.1, -0.05) is 42.0 Å². The third kappa shape index (κ3) is 3.78. The van der Waals surface area contributed by atoms with Gasteiger partial charge in [0, 0.05) is 23.7 Å². The number of benzene rings is 2. The number of nitrogens with one attached hydrogen (secondary N) is 1. The van der Waals surface area contributed by atoms with Gasteiger partial charge in [0.15, 0.2) is 0 Å². The first-order chi connectivity index (χ1) is 12.5. The van der Waals surface area contributed by atoms with E-state index in [1.807, 2.05) is 26.0 Å². The Hall–Kier alpha value is -3.06. The highest BCUT2D eigenvalue weighted by Gasteiger charge is 2.16. The van der Waals surface area contributed by atoms with Gasteiger partial charge in [0.05, 0.1) is 11.1 Å². The lowest BCUT2D eigenvalue weighted by atomic mass is 10.1. The predicted octanol–water partition coefficient (Wildman–Crippen LogP) is 4.27. The van der Waals surface area contributed by atoms with Crippen molar-refractivity contribution in [2.24, 2.45) is 0 Å². The highest BCUT2D eigenvalue weighted by Crippen LogP contribution is 2.28. The Kier molecular flexibility index (Phi) is 5.09. The van der Waals surface area contributed by atoms with Crippen LogP contribution in [0.3, 0.4) is 0 Å². The van der Waals surface area contributed by atoms with E-state index in [0.29, 0.717) is 10.4 Å². The van der Waals surface area contributed by atoms with Gasteiger partial charge in [-0.3, -0.25) is 14.9 Å². The van der Waals surface area contributed by atoms with Gasteiger partial charge in [-0.2, -0.15) is 0 Å². The summed E-state index contributed by atoms with van der Waals surface area (Å²) < 4.78 is 0. The first-order valence-corrected chi connectivity index (χ1v) is 8.81. The number of aromatic nitrogens is 1. The van der Waals surface area contributed by atoms with Gasteiger partial charge in [-0.05, 0) is 19.4 Å². The van der Waals surface area contributed by atoms with Crippen LogP contribution in [0.2, 0.25) is 0 Å². The van der Waals surface area contributed by atoms with E-state index < -0.39 is 4.92 Å².